The van der Waals surface area contributed by atoms with Gasteiger partial charge in [-0.1, -0.05) is 56.7 Å². The number of ether oxygens (including phenoxy) is 3. The normalized spacial score (nSPS) is 14.8. The van der Waals surface area contributed by atoms with E-state index in [0.29, 0.717) is 36.0 Å². The molecule has 0 aliphatic carbocycles. The molecule has 1 aliphatic rings. The minimum absolute atomic E-state index is 0.0748. The third kappa shape index (κ3) is 6.69. The van der Waals surface area contributed by atoms with Gasteiger partial charge in [0.15, 0.2) is 11.5 Å². The molecule has 0 aromatic heterocycles. The molecule has 4 rings (SSSR count). The van der Waals surface area contributed by atoms with Gasteiger partial charge in [-0.3, -0.25) is 14.9 Å². The number of carbonyl (C=O) groups excluding carboxylic acids is 3. The Labute approximate surface area is 234 Å². The van der Waals surface area contributed by atoms with Crippen LogP contribution in [0.15, 0.2) is 72.3 Å². The molecular weight excluding hydrogens is 508 g/mol. The summed E-state index contributed by atoms with van der Waals surface area (Å²) in [6, 6.07) is 19.2. The van der Waals surface area contributed by atoms with Gasteiger partial charge >= 0.3 is 6.03 Å². The highest BCUT2D eigenvalue weighted by atomic mass is 16.5. The molecule has 1 saturated heterocycles. The first kappa shape index (κ1) is 28.4. The molecule has 0 spiro atoms. The smallest absolute Gasteiger partial charge is 0.335 e. The third-order valence-corrected chi connectivity index (χ3v) is 6.30. The molecule has 8 heteroatoms. The van der Waals surface area contributed by atoms with Gasteiger partial charge in [0.25, 0.3) is 11.8 Å². The number of benzene rings is 3. The van der Waals surface area contributed by atoms with Gasteiger partial charge in [-0.15, -0.1) is 0 Å². The van der Waals surface area contributed by atoms with E-state index in [4.69, 9.17) is 14.2 Å². The summed E-state index contributed by atoms with van der Waals surface area (Å²) in [6.45, 7) is 11.3. The van der Waals surface area contributed by atoms with E-state index < -0.39 is 17.8 Å². The highest BCUT2D eigenvalue weighted by molar-refractivity contribution is 6.39. The Morgan fingerprint density at radius 1 is 0.825 bits per heavy atom. The Kier molecular flexibility index (Phi) is 8.58. The predicted molar refractivity (Wildman–Crippen MR) is 154 cm³/mol. The van der Waals surface area contributed by atoms with E-state index >= 15 is 0 Å². The number of anilines is 1. The van der Waals surface area contributed by atoms with Crippen LogP contribution < -0.4 is 24.4 Å². The number of amides is 4. The highest BCUT2D eigenvalue weighted by Gasteiger charge is 2.36. The number of rotatable bonds is 9. The summed E-state index contributed by atoms with van der Waals surface area (Å²) >= 11 is 0. The SMILES string of the molecule is CCOc1cc(/C=C2/C(=O)NC(=O)N(c3ccc(C)cc3)C2=O)ccc1OCCOc1ccc(C(C)(C)C)cc1. The molecule has 4 amide bonds. The largest absolute Gasteiger partial charge is 0.490 e. The molecule has 3 aromatic carbocycles. The molecule has 1 fully saturated rings. The standard InChI is InChI=1S/C32H34N2O6/c1-6-38-28-20-22(9-16-27(28)40-18-17-39-25-14-10-23(11-15-25)32(3,4)5)19-26-29(35)33-31(37)34(30(26)36)24-12-7-21(2)8-13-24/h7-16,19-20H,6,17-18H2,1-5H3,(H,33,35,37)/b26-19-. The van der Waals surface area contributed by atoms with Gasteiger partial charge in [-0.05, 0) is 72.9 Å². The van der Waals surface area contributed by atoms with E-state index in [2.05, 4.69) is 38.2 Å². The Bertz CT molecular complexity index is 1420. The van der Waals surface area contributed by atoms with Crippen molar-refractivity contribution in [2.45, 2.75) is 40.0 Å². The fraction of sp³-hybridized carbons (Fsp3) is 0.281. The van der Waals surface area contributed by atoms with E-state index in [0.717, 1.165) is 16.2 Å². The van der Waals surface area contributed by atoms with E-state index in [1.54, 1.807) is 42.5 Å². The first-order valence-corrected chi connectivity index (χ1v) is 13.2. The van der Waals surface area contributed by atoms with E-state index in [1.807, 2.05) is 26.0 Å². The lowest BCUT2D eigenvalue weighted by Crippen LogP contribution is -2.54. The lowest BCUT2D eigenvalue weighted by atomic mass is 9.87. The van der Waals surface area contributed by atoms with Crippen molar-refractivity contribution in [2.24, 2.45) is 0 Å². The molecule has 0 bridgehead atoms. The van der Waals surface area contributed by atoms with Gasteiger partial charge in [0, 0.05) is 0 Å². The maximum Gasteiger partial charge on any atom is 0.335 e. The van der Waals surface area contributed by atoms with Gasteiger partial charge in [0.1, 0.15) is 24.5 Å². The molecule has 1 N–H and O–H groups in total. The van der Waals surface area contributed by atoms with Crippen LogP contribution >= 0.6 is 0 Å². The number of barbiturate groups is 1. The van der Waals surface area contributed by atoms with Gasteiger partial charge in [-0.25, -0.2) is 9.69 Å². The van der Waals surface area contributed by atoms with E-state index in [-0.39, 0.29) is 17.6 Å². The molecule has 0 unspecified atom stereocenters. The van der Waals surface area contributed by atoms with Crippen LogP contribution in [0.4, 0.5) is 10.5 Å². The molecular formula is C32H34N2O6. The zero-order valence-electron chi connectivity index (χ0n) is 23.4. The summed E-state index contributed by atoms with van der Waals surface area (Å²) in [4.78, 5) is 39.1. The summed E-state index contributed by atoms with van der Waals surface area (Å²) in [7, 11) is 0. The van der Waals surface area contributed by atoms with E-state index in [9.17, 15) is 14.4 Å². The van der Waals surface area contributed by atoms with E-state index in [1.165, 1.54) is 11.6 Å². The second-order valence-electron chi connectivity index (χ2n) is 10.4. The molecule has 8 nitrogen and oxygen atoms in total. The summed E-state index contributed by atoms with van der Waals surface area (Å²) in [6.07, 6.45) is 1.43. The maximum absolute atomic E-state index is 13.2. The summed E-state index contributed by atoms with van der Waals surface area (Å²) in [5, 5.41) is 2.24. The molecule has 1 aliphatic heterocycles. The van der Waals surface area contributed by atoms with Crippen LogP contribution in [0, 0.1) is 6.92 Å². The van der Waals surface area contributed by atoms with Crippen molar-refractivity contribution in [3.63, 3.8) is 0 Å². The fourth-order valence-electron chi connectivity index (χ4n) is 4.12. The molecule has 0 radical (unpaired) electrons. The van der Waals surface area contributed by atoms with Gasteiger partial charge in [-0.2, -0.15) is 0 Å². The first-order valence-electron chi connectivity index (χ1n) is 13.2. The highest BCUT2D eigenvalue weighted by Crippen LogP contribution is 2.31. The van der Waals surface area contributed by atoms with Crippen molar-refractivity contribution in [1.82, 2.24) is 5.32 Å². The summed E-state index contributed by atoms with van der Waals surface area (Å²) < 4.78 is 17.5. The van der Waals surface area contributed by atoms with Gasteiger partial charge in [0.05, 0.1) is 12.3 Å². The number of imide groups is 2. The Balaban J connectivity index is 1.45. The third-order valence-electron chi connectivity index (χ3n) is 6.30. The van der Waals surface area contributed by atoms with Crippen molar-refractivity contribution in [3.05, 3.63) is 89.0 Å². The summed E-state index contributed by atoms with van der Waals surface area (Å²) in [5.74, 6) is 0.262. The molecule has 1 heterocycles. The van der Waals surface area contributed by atoms with Crippen molar-refractivity contribution >= 4 is 29.6 Å². The number of carbonyl (C=O) groups is 3. The minimum Gasteiger partial charge on any atom is -0.490 e. The monoisotopic (exact) mass is 542 g/mol. The average Bonchev–Trinajstić information content (AvgIpc) is 2.91. The molecule has 0 saturated carbocycles. The van der Waals surface area contributed by atoms with Crippen LogP contribution in [0.2, 0.25) is 0 Å². The molecule has 208 valence electrons. The first-order chi connectivity index (χ1) is 19.1. The quantitative estimate of drug-likeness (QED) is 0.208. The van der Waals surface area contributed by atoms with Crippen LogP contribution in [-0.2, 0) is 15.0 Å². The fourth-order valence-corrected chi connectivity index (χ4v) is 4.12. The molecule has 40 heavy (non-hydrogen) atoms. The van der Waals surface area contributed by atoms with Gasteiger partial charge in [0.2, 0.25) is 0 Å². The number of nitrogens with zero attached hydrogens (tertiary/aromatic N) is 1. The van der Waals surface area contributed by atoms with Gasteiger partial charge < -0.3 is 14.2 Å². The molecule has 3 aromatic rings. The number of aryl methyl sites for hydroxylation is 1. The second kappa shape index (κ2) is 12.1. The lowest BCUT2D eigenvalue weighted by Gasteiger charge is -2.26. The maximum atomic E-state index is 13.2. The van der Waals surface area contributed by atoms with Crippen molar-refractivity contribution < 1.29 is 28.6 Å². The topological polar surface area (TPSA) is 94.2 Å². The number of urea groups is 1. The van der Waals surface area contributed by atoms with Crippen molar-refractivity contribution in [3.8, 4) is 17.2 Å². The van der Waals surface area contributed by atoms with Crippen LogP contribution in [0.1, 0.15) is 44.4 Å². The zero-order valence-corrected chi connectivity index (χ0v) is 23.4. The zero-order chi connectivity index (χ0) is 28.9. The minimum atomic E-state index is -0.790. The van der Waals surface area contributed by atoms with Crippen LogP contribution in [-0.4, -0.2) is 37.7 Å². The van der Waals surface area contributed by atoms with Crippen LogP contribution in [0.5, 0.6) is 17.2 Å². The number of hydrogen-bond acceptors (Lipinski definition) is 6. The predicted octanol–water partition coefficient (Wildman–Crippen LogP) is 5.82. The Hall–Kier alpha value is -4.59. The Morgan fingerprint density at radius 3 is 2.15 bits per heavy atom. The Morgan fingerprint density at radius 2 is 1.50 bits per heavy atom. The van der Waals surface area contributed by atoms with Crippen molar-refractivity contribution in [1.29, 1.82) is 0 Å². The second-order valence-corrected chi connectivity index (χ2v) is 10.4. The van der Waals surface area contributed by atoms with Crippen LogP contribution in [0.25, 0.3) is 6.08 Å². The van der Waals surface area contributed by atoms with Crippen molar-refractivity contribution in [2.75, 3.05) is 24.7 Å². The number of hydrogen-bond donors (Lipinski definition) is 1. The summed E-state index contributed by atoms with van der Waals surface area (Å²) in [5.41, 5.74) is 3.04. The average molecular weight is 543 g/mol. The number of nitrogens with one attached hydrogen (secondary N) is 1. The van der Waals surface area contributed by atoms with Crippen LogP contribution in [0.3, 0.4) is 0 Å². The lowest BCUT2D eigenvalue weighted by molar-refractivity contribution is -0.122. The molecule has 0 atom stereocenters.